The van der Waals surface area contributed by atoms with Gasteiger partial charge in [0.2, 0.25) is 0 Å². The van der Waals surface area contributed by atoms with Gasteiger partial charge in [0.1, 0.15) is 18.8 Å². The summed E-state index contributed by atoms with van der Waals surface area (Å²) in [5.74, 6) is -0.0183. The Labute approximate surface area is 364 Å². The van der Waals surface area contributed by atoms with E-state index in [1.807, 2.05) is 13.0 Å². The van der Waals surface area contributed by atoms with Crippen molar-refractivity contribution in [1.82, 2.24) is 20.3 Å². The van der Waals surface area contributed by atoms with Gasteiger partial charge in [-0.25, -0.2) is 0 Å². The SMILES string of the molecule is C=Cc1c2[nH]c(c1C)/C=C1\N/C(=C3\c4[nH]c(c(C)c4C(=O)[C@@H]3C=O)/C=c3\[nH]/c(c(C)c3CC)=C\2)[C@@H](CCC(=O)OC/C=C(\C)CCC[C@H](C)CCC[C@H](C)CCCCC)[C@@H]1C. The summed E-state index contributed by atoms with van der Waals surface area (Å²) in [4.78, 5) is 51.2. The summed E-state index contributed by atoms with van der Waals surface area (Å²) in [5, 5.41) is 5.70. The van der Waals surface area contributed by atoms with Crippen molar-refractivity contribution in [1.29, 1.82) is 0 Å². The first-order chi connectivity index (χ1) is 29.3. The molecule has 0 spiro atoms. The highest BCUT2D eigenvalue weighted by molar-refractivity contribution is 6.22. The number of hydrogen-bond donors (Lipinski definition) is 4. The number of carbonyl (C=O) groups excluding carboxylic acids is 3. The second-order valence-corrected chi connectivity index (χ2v) is 18.5. The summed E-state index contributed by atoms with van der Waals surface area (Å²) >= 11 is 0. The number of unbranched alkanes of at least 4 members (excludes halogenated alkanes) is 2. The van der Waals surface area contributed by atoms with Crippen molar-refractivity contribution in [2.75, 3.05) is 6.61 Å². The number of aldehydes is 1. The number of hydrogen-bond acceptors (Lipinski definition) is 5. The van der Waals surface area contributed by atoms with Gasteiger partial charge in [-0.2, -0.15) is 0 Å². The van der Waals surface area contributed by atoms with Crippen molar-refractivity contribution in [3.05, 3.63) is 96.5 Å². The number of ketones is 1. The van der Waals surface area contributed by atoms with Crippen LogP contribution in [0.1, 0.15) is 180 Å². The van der Waals surface area contributed by atoms with E-state index in [2.05, 4.69) is 107 Å². The van der Waals surface area contributed by atoms with E-state index < -0.39 is 5.92 Å². The average Bonchev–Trinajstić information content (AvgIpc) is 3.97. The lowest BCUT2D eigenvalue weighted by Crippen LogP contribution is -2.18. The molecule has 3 aliphatic rings. The van der Waals surface area contributed by atoms with Crippen molar-refractivity contribution in [2.24, 2.45) is 29.6 Å². The number of Topliss-reactive ketones (excluding diaryl/α,β-unsaturated/α-hetero) is 1. The van der Waals surface area contributed by atoms with E-state index in [1.54, 1.807) is 0 Å². The smallest absolute Gasteiger partial charge is 0.306 e. The van der Waals surface area contributed by atoms with Gasteiger partial charge in [0, 0.05) is 74.1 Å². The molecule has 8 heteroatoms. The highest BCUT2D eigenvalue weighted by Crippen LogP contribution is 2.47. The van der Waals surface area contributed by atoms with Crippen molar-refractivity contribution in [3.63, 3.8) is 0 Å². The Hall–Kier alpha value is -4.85. The molecule has 61 heavy (non-hydrogen) atoms. The molecule has 0 aromatic carbocycles. The third-order valence-corrected chi connectivity index (χ3v) is 14.1. The normalized spacial score (nSPS) is 22.4. The van der Waals surface area contributed by atoms with Crippen LogP contribution in [-0.2, 0) is 20.7 Å². The van der Waals surface area contributed by atoms with E-state index in [4.69, 9.17) is 4.74 Å². The molecule has 0 unspecified atom stereocenters. The number of esters is 1. The van der Waals surface area contributed by atoms with Gasteiger partial charge in [-0.05, 0) is 112 Å². The van der Waals surface area contributed by atoms with Crippen LogP contribution >= 0.6 is 0 Å². The number of carbonyl (C=O) groups is 3. The fraction of sp³-hybridized carbons (Fsp3) is 0.528. The Morgan fingerprint density at radius 1 is 0.852 bits per heavy atom. The molecule has 8 nitrogen and oxygen atoms in total. The van der Waals surface area contributed by atoms with Crippen LogP contribution in [0.5, 0.6) is 0 Å². The molecule has 0 radical (unpaired) electrons. The van der Waals surface area contributed by atoms with E-state index in [9.17, 15) is 14.4 Å². The van der Waals surface area contributed by atoms with Crippen LogP contribution in [0.2, 0.25) is 0 Å². The third-order valence-electron chi connectivity index (χ3n) is 14.1. The average molecular weight is 829 g/mol. The Bertz CT molecular complexity index is 2340. The zero-order valence-electron chi connectivity index (χ0n) is 38.6. The molecule has 1 saturated heterocycles. The summed E-state index contributed by atoms with van der Waals surface area (Å²) < 4.78 is 5.78. The minimum absolute atomic E-state index is 0.0412. The zero-order chi connectivity index (χ0) is 44.0. The lowest BCUT2D eigenvalue weighted by molar-refractivity contribution is -0.142. The number of fused-ring (bicyclic) bond motifs is 7. The first kappa shape index (κ1) is 45.7. The molecule has 5 heterocycles. The Kier molecular flexibility index (Phi) is 15.2. The minimum Gasteiger partial charge on any atom is -0.461 e. The lowest BCUT2D eigenvalue weighted by atomic mass is 9.85. The Morgan fingerprint density at radius 2 is 1.54 bits per heavy atom. The number of nitrogens with one attached hydrogen (secondary N) is 4. The summed E-state index contributed by atoms with van der Waals surface area (Å²) in [7, 11) is 0. The highest BCUT2D eigenvalue weighted by Gasteiger charge is 2.45. The second kappa shape index (κ2) is 20.3. The number of aromatic nitrogens is 3. The van der Waals surface area contributed by atoms with Gasteiger partial charge >= 0.3 is 5.97 Å². The van der Waals surface area contributed by atoms with E-state index in [0.717, 1.165) is 93.2 Å². The predicted molar refractivity (Wildman–Crippen MR) is 251 cm³/mol. The number of aromatic amines is 3. The van der Waals surface area contributed by atoms with Gasteiger partial charge in [-0.3, -0.25) is 9.59 Å². The van der Waals surface area contributed by atoms with Gasteiger partial charge in [0.15, 0.2) is 5.78 Å². The van der Waals surface area contributed by atoms with Crippen LogP contribution in [0.3, 0.4) is 0 Å². The Balaban J connectivity index is 1.20. The molecule has 1 fully saturated rings. The van der Waals surface area contributed by atoms with Gasteiger partial charge < -0.3 is 29.8 Å². The van der Waals surface area contributed by atoms with E-state index in [1.165, 1.54) is 68.1 Å². The molecular weight excluding hydrogens is 757 g/mol. The fourth-order valence-electron chi connectivity index (χ4n) is 10.1. The number of rotatable bonds is 20. The van der Waals surface area contributed by atoms with Gasteiger partial charge in [-0.1, -0.05) is 104 Å². The highest BCUT2D eigenvalue weighted by atomic mass is 16.5. The topological polar surface area (TPSA) is 120 Å². The summed E-state index contributed by atoms with van der Waals surface area (Å²) in [6, 6.07) is 0. The predicted octanol–water partition coefficient (Wildman–Crippen LogP) is 10.9. The molecule has 6 rings (SSSR count). The number of allylic oxidation sites excluding steroid dienone is 4. The Morgan fingerprint density at radius 3 is 2.23 bits per heavy atom. The van der Waals surface area contributed by atoms with Crippen LogP contribution in [0.4, 0.5) is 0 Å². The fourth-order valence-corrected chi connectivity index (χ4v) is 10.1. The van der Waals surface area contributed by atoms with Gasteiger partial charge in [0.05, 0.1) is 5.69 Å². The summed E-state index contributed by atoms with van der Waals surface area (Å²) in [5.41, 5.74) is 13.0. The molecule has 328 valence electrons. The van der Waals surface area contributed by atoms with E-state index >= 15 is 0 Å². The van der Waals surface area contributed by atoms with Crippen LogP contribution in [-0.4, -0.2) is 39.6 Å². The quantitative estimate of drug-likeness (QED) is 0.0297. The minimum atomic E-state index is -0.942. The molecule has 5 atom stereocenters. The van der Waals surface area contributed by atoms with Gasteiger partial charge in [-0.15, -0.1) is 0 Å². The number of ether oxygens (including phenoxy) is 1. The standard InChI is InChI=1S/C53H72N4O4/c1-11-14-15-18-31(4)19-16-20-32(5)21-17-22-33(6)25-26-61-48(59)24-23-40-36(9)44-27-42-34(7)38(12-2)46(54-42)28-43-35(8)39(13-3)47(55-43)29-45-37(10)49-52(57-45)50(51(40)56-44)41(30-58)53(49)60/h12,25,27-32,36,40-41,54-57H,2,11,13-24,26H2,1,3-10H3/b33-25+,43-28-,44-27-,47-29-,51-50-/t31-,32-,36+,40+,41-/m1/s1. The molecular formula is C53H72N4O4. The molecule has 8 bridgehead atoms. The van der Waals surface area contributed by atoms with Crippen LogP contribution < -0.4 is 16.0 Å². The maximum Gasteiger partial charge on any atom is 0.306 e. The molecule has 2 aliphatic heterocycles. The van der Waals surface area contributed by atoms with Gasteiger partial charge in [0.25, 0.3) is 0 Å². The zero-order valence-corrected chi connectivity index (χ0v) is 38.6. The maximum atomic E-state index is 14.1. The molecule has 3 aromatic rings. The molecule has 0 amide bonds. The number of H-pyrrole nitrogens is 3. The van der Waals surface area contributed by atoms with Crippen molar-refractivity contribution in [3.8, 4) is 0 Å². The van der Waals surface area contributed by atoms with Crippen LogP contribution in [0.15, 0.2) is 29.6 Å². The molecule has 0 saturated carbocycles. The molecule has 1 aliphatic carbocycles. The lowest BCUT2D eigenvalue weighted by Gasteiger charge is -2.18. The van der Waals surface area contributed by atoms with Crippen LogP contribution in [0, 0.1) is 50.4 Å². The van der Waals surface area contributed by atoms with Crippen molar-refractivity contribution < 1.29 is 19.1 Å². The molecule has 4 N–H and O–H groups in total. The summed E-state index contributed by atoms with van der Waals surface area (Å²) in [6.45, 7) is 24.1. The third kappa shape index (κ3) is 9.95. The summed E-state index contributed by atoms with van der Waals surface area (Å²) in [6.07, 6.45) is 25.4. The van der Waals surface area contributed by atoms with E-state index in [0.29, 0.717) is 23.3 Å². The van der Waals surface area contributed by atoms with Crippen molar-refractivity contribution >= 4 is 47.9 Å². The monoisotopic (exact) mass is 829 g/mol. The van der Waals surface area contributed by atoms with Crippen molar-refractivity contribution in [2.45, 2.75) is 146 Å². The largest absolute Gasteiger partial charge is 0.461 e. The second-order valence-electron chi connectivity index (χ2n) is 18.5. The maximum absolute atomic E-state index is 14.1. The first-order valence-corrected chi connectivity index (χ1v) is 23.3. The first-order valence-electron chi connectivity index (χ1n) is 23.3. The van der Waals surface area contributed by atoms with E-state index in [-0.39, 0.29) is 36.6 Å². The van der Waals surface area contributed by atoms with Crippen LogP contribution in [0.25, 0.3) is 29.9 Å². The molecule has 3 aromatic heterocycles.